The first-order valence-electron chi connectivity index (χ1n) is 5.55. The van der Waals surface area contributed by atoms with Gasteiger partial charge in [0.25, 0.3) is 0 Å². The highest BCUT2D eigenvalue weighted by Gasteiger charge is 2.14. The highest BCUT2D eigenvalue weighted by atomic mass is 16.2. The minimum Gasteiger partial charge on any atom is -0.355 e. The second kappa shape index (κ2) is 7.26. The molecule has 88 valence electrons. The molecule has 0 rings (SSSR count). The molecule has 1 N–H and O–H groups in total. The van der Waals surface area contributed by atoms with Crippen molar-refractivity contribution in [1.29, 1.82) is 0 Å². The normalized spacial score (nSPS) is 10.2. The molecular formula is C11H22N2O2. The predicted molar refractivity (Wildman–Crippen MR) is 60.4 cm³/mol. The molecule has 0 aliphatic carbocycles. The van der Waals surface area contributed by atoms with Crippen LogP contribution in [-0.4, -0.2) is 36.3 Å². The SMILES string of the molecule is CCN(CC)C(=O)CC(=O)NCC(C)C. The van der Waals surface area contributed by atoms with Crippen LogP contribution < -0.4 is 5.32 Å². The molecular weight excluding hydrogens is 192 g/mol. The summed E-state index contributed by atoms with van der Waals surface area (Å²) in [5.41, 5.74) is 0. The Morgan fingerprint density at radius 1 is 1.20 bits per heavy atom. The molecule has 4 nitrogen and oxygen atoms in total. The van der Waals surface area contributed by atoms with Crippen LogP contribution in [0.15, 0.2) is 0 Å². The Balaban J connectivity index is 3.90. The van der Waals surface area contributed by atoms with E-state index in [1.54, 1.807) is 4.90 Å². The maximum atomic E-state index is 11.5. The number of rotatable bonds is 6. The van der Waals surface area contributed by atoms with E-state index in [2.05, 4.69) is 5.32 Å². The van der Waals surface area contributed by atoms with Gasteiger partial charge in [-0.25, -0.2) is 0 Å². The van der Waals surface area contributed by atoms with Crippen molar-refractivity contribution in [3.63, 3.8) is 0 Å². The van der Waals surface area contributed by atoms with Gasteiger partial charge < -0.3 is 10.2 Å². The summed E-state index contributed by atoms with van der Waals surface area (Å²) in [6.07, 6.45) is -0.0333. The molecule has 15 heavy (non-hydrogen) atoms. The lowest BCUT2D eigenvalue weighted by atomic mass is 10.2. The van der Waals surface area contributed by atoms with Gasteiger partial charge in [0.1, 0.15) is 6.42 Å². The van der Waals surface area contributed by atoms with Crippen LogP contribution in [0.5, 0.6) is 0 Å². The zero-order chi connectivity index (χ0) is 11.8. The first-order valence-corrected chi connectivity index (χ1v) is 5.55. The molecule has 0 aliphatic heterocycles. The van der Waals surface area contributed by atoms with Gasteiger partial charge in [-0.05, 0) is 19.8 Å². The van der Waals surface area contributed by atoms with E-state index in [0.29, 0.717) is 25.6 Å². The molecule has 0 atom stereocenters. The molecule has 0 fully saturated rings. The van der Waals surface area contributed by atoms with E-state index < -0.39 is 0 Å². The van der Waals surface area contributed by atoms with Crippen LogP contribution in [-0.2, 0) is 9.59 Å². The van der Waals surface area contributed by atoms with Crippen LogP contribution >= 0.6 is 0 Å². The summed E-state index contributed by atoms with van der Waals surface area (Å²) in [6, 6.07) is 0. The van der Waals surface area contributed by atoms with E-state index in [-0.39, 0.29) is 18.2 Å². The summed E-state index contributed by atoms with van der Waals surface area (Å²) < 4.78 is 0. The largest absolute Gasteiger partial charge is 0.355 e. The lowest BCUT2D eigenvalue weighted by Gasteiger charge is -2.18. The molecule has 2 amide bonds. The maximum absolute atomic E-state index is 11.5. The maximum Gasteiger partial charge on any atom is 0.231 e. The van der Waals surface area contributed by atoms with Crippen molar-refractivity contribution in [1.82, 2.24) is 10.2 Å². The van der Waals surface area contributed by atoms with Crippen LogP contribution in [0.4, 0.5) is 0 Å². The van der Waals surface area contributed by atoms with Crippen LogP contribution in [0.2, 0.25) is 0 Å². The Labute approximate surface area is 92.0 Å². The first-order chi connectivity index (χ1) is 7.01. The smallest absolute Gasteiger partial charge is 0.231 e. The van der Waals surface area contributed by atoms with Crippen molar-refractivity contribution in [3.8, 4) is 0 Å². The average molecular weight is 214 g/mol. The summed E-state index contributed by atoms with van der Waals surface area (Å²) in [6.45, 7) is 9.81. The van der Waals surface area contributed by atoms with E-state index >= 15 is 0 Å². The molecule has 0 bridgehead atoms. The number of hydrogen-bond acceptors (Lipinski definition) is 2. The summed E-state index contributed by atoms with van der Waals surface area (Å²) in [7, 11) is 0. The Bertz CT molecular complexity index is 211. The Kier molecular flexibility index (Phi) is 6.75. The van der Waals surface area contributed by atoms with Crippen molar-refractivity contribution in [2.24, 2.45) is 5.92 Å². The zero-order valence-electron chi connectivity index (χ0n) is 10.2. The number of nitrogens with zero attached hydrogens (tertiary/aromatic N) is 1. The zero-order valence-corrected chi connectivity index (χ0v) is 10.2. The molecule has 0 heterocycles. The van der Waals surface area contributed by atoms with Crippen LogP contribution in [0, 0.1) is 5.92 Å². The van der Waals surface area contributed by atoms with Gasteiger partial charge in [0.05, 0.1) is 0 Å². The lowest BCUT2D eigenvalue weighted by molar-refractivity contribution is -0.135. The van der Waals surface area contributed by atoms with Crippen molar-refractivity contribution >= 4 is 11.8 Å². The molecule has 0 radical (unpaired) electrons. The number of amides is 2. The second-order valence-corrected chi connectivity index (χ2v) is 3.94. The van der Waals surface area contributed by atoms with Gasteiger partial charge in [0.2, 0.25) is 11.8 Å². The Morgan fingerprint density at radius 3 is 2.13 bits per heavy atom. The summed E-state index contributed by atoms with van der Waals surface area (Å²) >= 11 is 0. The van der Waals surface area contributed by atoms with Crippen molar-refractivity contribution in [2.45, 2.75) is 34.1 Å². The van der Waals surface area contributed by atoms with E-state index in [1.807, 2.05) is 27.7 Å². The quantitative estimate of drug-likeness (QED) is 0.671. The topological polar surface area (TPSA) is 49.4 Å². The highest BCUT2D eigenvalue weighted by Crippen LogP contribution is 1.94. The van der Waals surface area contributed by atoms with E-state index in [4.69, 9.17) is 0 Å². The predicted octanol–water partition coefficient (Wildman–Crippen LogP) is 1.02. The fourth-order valence-electron chi connectivity index (χ4n) is 1.21. The summed E-state index contributed by atoms with van der Waals surface area (Å²) in [5.74, 6) is 0.138. The Morgan fingerprint density at radius 2 is 1.73 bits per heavy atom. The number of nitrogens with one attached hydrogen (secondary N) is 1. The minimum absolute atomic E-state index is 0.0333. The van der Waals surface area contributed by atoms with Gasteiger partial charge in [-0.2, -0.15) is 0 Å². The van der Waals surface area contributed by atoms with Crippen molar-refractivity contribution in [2.75, 3.05) is 19.6 Å². The van der Waals surface area contributed by atoms with Gasteiger partial charge >= 0.3 is 0 Å². The van der Waals surface area contributed by atoms with Crippen LogP contribution in [0.25, 0.3) is 0 Å². The van der Waals surface area contributed by atoms with E-state index in [1.165, 1.54) is 0 Å². The summed E-state index contributed by atoms with van der Waals surface area (Å²) in [5, 5.41) is 2.73. The van der Waals surface area contributed by atoms with Crippen molar-refractivity contribution < 1.29 is 9.59 Å². The standard InChI is InChI=1S/C11H22N2O2/c1-5-13(6-2)11(15)7-10(14)12-8-9(3)4/h9H,5-8H2,1-4H3,(H,12,14). The Hall–Kier alpha value is -1.06. The third-order valence-corrected chi connectivity index (χ3v) is 2.14. The average Bonchev–Trinajstić information content (AvgIpc) is 2.16. The third kappa shape index (κ3) is 6.10. The van der Waals surface area contributed by atoms with E-state index in [9.17, 15) is 9.59 Å². The molecule has 4 heteroatoms. The second-order valence-electron chi connectivity index (χ2n) is 3.94. The lowest BCUT2D eigenvalue weighted by Crippen LogP contribution is -2.36. The van der Waals surface area contributed by atoms with Gasteiger partial charge in [-0.1, -0.05) is 13.8 Å². The fraction of sp³-hybridized carbons (Fsp3) is 0.818. The van der Waals surface area contributed by atoms with Gasteiger partial charge in [-0.15, -0.1) is 0 Å². The van der Waals surface area contributed by atoms with Crippen molar-refractivity contribution in [3.05, 3.63) is 0 Å². The molecule has 0 aromatic carbocycles. The van der Waals surface area contributed by atoms with Gasteiger partial charge in [0.15, 0.2) is 0 Å². The number of carbonyl (C=O) groups excluding carboxylic acids is 2. The third-order valence-electron chi connectivity index (χ3n) is 2.14. The molecule has 0 unspecified atom stereocenters. The van der Waals surface area contributed by atoms with Crippen LogP contribution in [0.3, 0.4) is 0 Å². The van der Waals surface area contributed by atoms with E-state index in [0.717, 1.165) is 0 Å². The van der Waals surface area contributed by atoms with Crippen LogP contribution in [0.1, 0.15) is 34.1 Å². The monoisotopic (exact) mass is 214 g/mol. The summed E-state index contributed by atoms with van der Waals surface area (Å²) in [4.78, 5) is 24.5. The molecule has 0 aromatic heterocycles. The molecule has 0 saturated heterocycles. The molecule has 0 aliphatic rings. The molecule has 0 spiro atoms. The fourth-order valence-corrected chi connectivity index (χ4v) is 1.21. The minimum atomic E-state index is -0.180. The first kappa shape index (κ1) is 13.9. The van der Waals surface area contributed by atoms with Gasteiger partial charge in [-0.3, -0.25) is 9.59 Å². The molecule has 0 aromatic rings. The number of carbonyl (C=O) groups is 2. The van der Waals surface area contributed by atoms with Gasteiger partial charge in [0, 0.05) is 19.6 Å². The molecule has 0 saturated carbocycles. The highest BCUT2D eigenvalue weighted by molar-refractivity contribution is 5.96. The number of hydrogen-bond donors (Lipinski definition) is 1.